The van der Waals surface area contributed by atoms with Crippen LogP contribution in [0.25, 0.3) is 55.0 Å². The van der Waals surface area contributed by atoms with E-state index < -0.39 is 0 Å². The van der Waals surface area contributed by atoms with Gasteiger partial charge in [0.15, 0.2) is 11.2 Å². The third-order valence-corrected chi connectivity index (χ3v) is 14.7. The number of anilines is 4. The highest BCUT2D eigenvalue weighted by Crippen LogP contribution is 2.58. The van der Waals surface area contributed by atoms with Gasteiger partial charge in [-0.3, -0.25) is 0 Å². The molecule has 308 valence electrons. The van der Waals surface area contributed by atoms with Crippen LogP contribution in [0.3, 0.4) is 0 Å². The lowest BCUT2D eigenvalue weighted by Gasteiger charge is -2.38. The van der Waals surface area contributed by atoms with Gasteiger partial charge in [-0.1, -0.05) is 161 Å². The molecule has 0 radical (unpaired) electrons. The Morgan fingerprint density at radius 2 is 0.938 bits per heavy atom. The van der Waals surface area contributed by atoms with Crippen LogP contribution in [0.1, 0.15) is 62.8 Å². The maximum atomic E-state index is 7.36. The van der Waals surface area contributed by atoms with E-state index in [1.165, 1.54) is 44.5 Å². The zero-order chi connectivity index (χ0) is 42.9. The Kier molecular flexibility index (Phi) is 7.83. The first-order chi connectivity index (χ1) is 31.3. The molecule has 0 N–H and O–H groups in total. The maximum absolute atomic E-state index is 7.36. The summed E-state index contributed by atoms with van der Waals surface area (Å²) >= 11 is 0. The summed E-state index contributed by atoms with van der Waals surface area (Å²) in [5.41, 5.74) is 17.9. The van der Waals surface area contributed by atoms with E-state index in [1.807, 2.05) is 0 Å². The summed E-state index contributed by atoms with van der Waals surface area (Å²) < 4.78 is 14.7. The first-order valence-corrected chi connectivity index (χ1v) is 22.6. The second-order valence-corrected chi connectivity index (χ2v) is 18.9. The highest BCUT2D eigenvalue weighted by atomic mass is 16.3. The first-order valence-electron chi connectivity index (χ1n) is 22.6. The van der Waals surface area contributed by atoms with E-state index >= 15 is 0 Å². The highest BCUT2D eigenvalue weighted by Gasteiger charge is 2.44. The minimum absolute atomic E-state index is 0.0218. The number of furan rings is 2. The van der Waals surface area contributed by atoms with Crippen LogP contribution < -0.4 is 9.80 Å². The maximum Gasteiger partial charge on any atom is 0.162 e. The molecule has 2 aromatic heterocycles. The fourth-order valence-corrected chi connectivity index (χ4v) is 11.8. The molecule has 0 saturated heterocycles. The van der Waals surface area contributed by atoms with E-state index in [0.717, 1.165) is 79.5 Å². The Morgan fingerprint density at radius 3 is 1.50 bits per heavy atom. The summed E-state index contributed by atoms with van der Waals surface area (Å²) in [5.74, 6) is 0. The van der Waals surface area contributed by atoms with Crippen molar-refractivity contribution < 1.29 is 8.83 Å². The largest absolute Gasteiger partial charge is 0.454 e. The minimum Gasteiger partial charge on any atom is -0.454 e. The number of para-hydroxylation sites is 4. The van der Waals surface area contributed by atoms with Crippen molar-refractivity contribution in [1.82, 2.24) is 0 Å². The van der Waals surface area contributed by atoms with Crippen LogP contribution in [-0.4, -0.2) is 12.1 Å². The summed E-state index contributed by atoms with van der Waals surface area (Å²) in [6.07, 6.45) is 11.6. The number of rotatable bonds is 6. The molecule has 13 rings (SSSR count). The smallest absolute Gasteiger partial charge is 0.162 e. The van der Waals surface area contributed by atoms with Gasteiger partial charge in [0.1, 0.15) is 11.2 Å². The van der Waals surface area contributed by atoms with Gasteiger partial charge in [0, 0.05) is 33.0 Å². The third kappa shape index (κ3) is 5.13. The van der Waals surface area contributed by atoms with Crippen LogP contribution in [0, 0.1) is 12.1 Å². The summed E-state index contributed by atoms with van der Waals surface area (Å²) in [5, 5.41) is 4.20. The molecule has 2 unspecified atom stereocenters. The van der Waals surface area contributed by atoms with Crippen molar-refractivity contribution in [3.63, 3.8) is 0 Å². The van der Waals surface area contributed by atoms with E-state index in [4.69, 9.17) is 8.83 Å². The summed E-state index contributed by atoms with van der Waals surface area (Å²) in [6.45, 7) is 9.44. The molecule has 0 saturated carbocycles. The van der Waals surface area contributed by atoms with E-state index in [2.05, 4.69) is 220 Å². The van der Waals surface area contributed by atoms with Gasteiger partial charge in [0.05, 0.1) is 34.2 Å². The fraction of sp³-hybridized carbons (Fsp3) is 0.167. The molecular formula is C60H46N2O2. The van der Waals surface area contributed by atoms with Gasteiger partial charge < -0.3 is 18.6 Å². The first kappa shape index (κ1) is 37.1. The van der Waals surface area contributed by atoms with Crippen LogP contribution in [0.2, 0.25) is 0 Å². The molecule has 0 aliphatic heterocycles. The molecular weight excluding hydrogens is 781 g/mol. The zero-order valence-electron chi connectivity index (χ0n) is 36.4. The second-order valence-electron chi connectivity index (χ2n) is 18.9. The molecule has 4 heteroatoms. The lowest BCUT2D eigenvalue weighted by molar-refractivity contribution is 0.640. The molecule has 0 bridgehead atoms. The lowest BCUT2D eigenvalue weighted by Crippen LogP contribution is -2.33. The van der Waals surface area contributed by atoms with Gasteiger partial charge in [0.25, 0.3) is 0 Å². The Bertz CT molecular complexity index is 3290. The number of hydrogen-bond donors (Lipinski definition) is 0. The molecule has 7 aromatic carbocycles. The van der Waals surface area contributed by atoms with Crippen LogP contribution in [0.5, 0.6) is 0 Å². The minimum atomic E-state index is -0.196. The zero-order valence-corrected chi connectivity index (χ0v) is 36.4. The van der Waals surface area contributed by atoms with Gasteiger partial charge in [-0.15, -0.1) is 0 Å². The van der Waals surface area contributed by atoms with Crippen molar-refractivity contribution in [1.29, 1.82) is 0 Å². The third-order valence-electron chi connectivity index (χ3n) is 14.7. The summed E-state index contributed by atoms with van der Waals surface area (Å²) in [7, 11) is 0. The van der Waals surface area contributed by atoms with Gasteiger partial charge in [-0.2, -0.15) is 0 Å². The van der Waals surface area contributed by atoms with Gasteiger partial charge in [0.2, 0.25) is 0 Å². The number of fused-ring (bicyclic) bond motifs is 12. The molecule has 4 aliphatic carbocycles. The molecule has 0 spiro atoms. The number of nitrogens with zero attached hydrogens (tertiary/aromatic N) is 2. The average Bonchev–Trinajstić information content (AvgIpc) is 4.04. The Labute approximate surface area is 373 Å². The van der Waals surface area contributed by atoms with Crippen LogP contribution >= 0.6 is 0 Å². The SMILES string of the molecule is CC1(C)C2=CC(N(c3ccccc3)c3c4oc5ccccc5c4c(N(c4ccccc4)C4C=C5C(=CC4)c4ccccc4C5(C)C)c4oc5ccccc5c34)CC=C2c2cc#ccc21. The molecule has 9 aromatic rings. The molecule has 0 fully saturated rings. The summed E-state index contributed by atoms with van der Waals surface area (Å²) in [4.78, 5) is 5.09. The molecule has 64 heavy (non-hydrogen) atoms. The van der Waals surface area contributed by atoms with Crippen molar-refractivity contribution >= 4 is 77.8 Å². The average molecular weight is 827 g/mol. The Morgan fingerprint density at radius 1 is 0.484 bits per heavy atom. The van der Waals surface area contributed by atoms with E-state index in [1.54, 1.807) is 0 Å². The topological polar surface area (TPSA) is 32.8 Å². The Balaban J connectivity index is 1.12. The molecule has 2 atom stereocenters. The number of benzene rings is 6. The highest BCUT2D eigenvalue weighted by molar-refractivity contribution is 6.30. The van der Waals surface area contributed by atoms with E-state index in [0.29, 0.717) is 0 Å². The van der Waals surface area contributed by atoms with Crippen LogP contribution in [0.4, 0.5) is 22.7 Å². The van der Waals surface area contributed by atoms with E-state index in [9.17, 15) is 0 Å². The summed E-state index contributed by atoms with van der Waals surface area (Å²) in [6, 6.07) is 58.5. The monoisotopic (exact) mass is 826 g/mol. The van der Waals surface area contributed by atoms with Gasteiger partial charge in [-0.05, 0) is 106 Å². The van der Waals surface area contributed by atoms with Gasteiger partial charge in [-0.25, -0.2) is 0 Å². The standard InChI is InChI=1S/C60H46N2O2/c1-59(2)47-27-15-11-23-41(47)43-33-31-39(35-49(43)59)61(37-19-7-5-8-20-37)55-53-45-25-13-17-29-51(45)64-58(53)56(54-46-26-14-18-30-52(46)63-57(54)55)62(38-21-9-6-10-22-38)40-32-34-44-42-24-12-16-28-48(42)60(3,4)50(44)36-40/h5-11,13-15,17-30,33-36,39-40H,31-32H2,1-4H3. The van der Waals surface area contributed by atoms with Crippen molar-refractivity contribution in [2.45, 2.75) is 63.5 Å². The quantitative estimate of drug-likeness (QED) is 0.156. The predicted molar refractivity (Wildman–Crippen MR) is 264 cm³/mol. The molecule has 4 aliphatic rings. The number of allylic oxidation sites excluding steroid dienone is 4. The fourth-order valence-electron chi connectivity index (χ4n) is 11.8. The number of hydrogen-bond acceptors (Lipinski definition) is 4. The predicted octanol–water partition coefficient (Wildman–Crippen LogP) is 15.5. The molecule has 0 amide bonds. The van der Waals surface area contributed by atoms with Crippen LogP contribution in [-0.2, 0) is 10.8 Å². The normalized spacial score (nSPS) is 19.0. The molecule has 2 heterocycles. The second kappa shape index (κ2) is 13.5. The molecule has 4 nitrogen and oxygen atoms in total. The van der Waals surface area contributed by atoms with Crippen molar-refractivity contribution in [3.05, 3.63) is 215 Å². The van der Waals surface area contributed by atoms with Crippen LogP contribution in [0.15, 0.2) is 190 Å². The van der Waals surface area contributed by atoms with Crippen molar-refractivity contribution in [3.8, 4) is 0 Å². The van der Waals surface area contributed by atoms with E-state index in [-0.39, 0.29) is 22.9 Å². The van der Waals surface area contributed by atoms with Crippen molar-refractivity contribution in [2.75, 3.05) is 9.80 Å². The lowest BCUT2D eigenvalue weighted by atomic mass is 9.79. The van der Waals surface area contributed by atoms with Crippen molar-refractivity contribution in [2.24, 2.45) is 0 Å². The van der Waals surface area contributed by atoms with Gasteiger partial charge >= 0.3 is 0 Å². The Hall–Kier alpha value is -7.48.